The van der Waals surface area contributed by atoms with Gasteiger partial charge in [0, 0.05) is 5.69 Å². The van der Waals surface area contributed by atoms with Gasteiger partial charge in [-0.1, -0.05) is 24.3 Å². The molecular formula is C19H13F6N3O2. The molecule has 11 heteroatoms. The molecule has 1 heterocycles. The van der Waals surface area contributed by atoms with E-state index in [0.717, 1.165) is 12.3 Å². The highest BCUT2D eigenvalue weighted by atomic mass is 19.4. The number of amides is 1. The fourth-order valence-electron chi connectivity index (χ4n) is 2.65. The first kappa shape index (κ1) is 21.2. The average molecular weight is 429 g/mol. The first-order chi connectivity index (χ1) is 14.0. The van der Waals surface area contributed by atoms with E-state index in [9.17, 15) is 31.1 Å². The SMILES string of the molecule is O=C(NCC(F)(F)F)c1cncn1-c1cccc(-c2cccc(OC(F)(F)F)c2)c1. The second-order valence-electron chi connectivity index (χ2n) is 6.07. The van der Waals surface area contributed by atoms with Gasteiger partial charge in [-0.05, 0) is 35.4 Å². The molecule has 0 spiro atoms. The summed E-state index contributed by atoms with van der Waals surface area (Å²) in [5.41, 5.74) is 1.15. The summed E-state index contributed by atoms with van der Waals surface area (Å²) < 4.78 is 79.5. The smallest absolute Gasteiger partial charge is 0.406 e. The van der Waals surface area contributed by atoms with E-state index in [1.807, 2.05) is 0 Å². The summed E-state index contributed by atoms with van der Waals surface area (Å²) in [6.07, 6.45) is -7.05. The van der Waals surface area contributed by atoms with Gasteiger partial charge in [0.05, 0.1) is 12.5 Å². The van der Waals surface area contributed by atoms with Gasteiger partial charge < -0.3 is 10.1 Å². The van der Waals surface area contributed by atoms with Crippen LogP contribution < -0.4 is 10.1 Å². The summed E-state index contributed by atoms with van der Waals surface area (Å²) in [6.45, 7) is -1.50. The van der Waals surface area contributed by atoms with Crippen molar-refractivity contribution in [2.24, 2.45) is 0 Å². The minimum atomic E-state index is -4.84. The number of benzene rings is 2. The van der Waals surface area contributed by atoms with Crippen LogP contribution in [-0.4, -0.2) is 34.5 Å². The quantitative estimate of drug-likeness (QED) is 0.597. The van der Waals surface area contributed by atoms with Gasteiger partial charge >= 0.3 is 12.5 Å². The topological polar surface area (TPSA) is 56.2 Å². The van der Waals surface area contributed by atoms with Gasteiger partial charge in [-0.2, -0.15) is 13.2 Å². The van der Waals surface area contributed by atoms with Crippen molar-refractivity contribution in [2.45, 2.75) is 12.5 Å². The maximum atomic E-state index is 12.4. The van der Waals surface area contributed by atoms with Crippen LogP contribution in [0.15, 0.2) is 61.1 Å². The molecule has 5 nitrogen and oxygen atoms in total. The lowest BCUT2D eigenvalue weighted by molar-refractivity contribution is -0.274. The number of hydrogen-bond acceptors (Lipinski definition) is 3. The van der Waals surface area contributed by atoms with Crippen LogP contribution >= 0.6 is 0 Å². The zero-order valence-corrected chi connectivity index (χ0v) is 15.0. The Kier molecular flexibility index (Phi) is 5.72. The number of alkyl halides is 6. The van der Waals surface area contributed by atoms with Crippen LogP contribution in [0.25, 0.3) is 16.8 Å². The summed E-state index contributed by atoms with van der Waals surface area (Å²) in [7, 11) is 0. The Hall–Kier alpha value is -3.50. The zero-order chi connectivity index (χ0) is 21.9. The van der Waals surface area contributed by atoms with Crippen molar-refractivity contribution in [2.75, 3.05) is 6.54 Å². The first-order valence-electron chi connectivity index (χ1n) is 8.36. The highest BCUT2D eigenvalue weighted by molar-refractivity contribution is 5.93. The molecular weight excluding hydrogens is 416 g/mol. The average Bonchev–Trinajstić information content (AvgIpc) is 3.14. The highest BCUT2D eigenvalue weighted by Gasteiger charge is 2.31. The lowest BCUT2D eigenvalue weighted by atomic mass is 10.0. The molecule has 158 valence electrons. The molecule has 0 unspecified atom stereocenters. The minimum Gasteiger partial charge on any atom is -0.406 e. The fourth-order valence-corrected chi connectivity index (χ4v) is 2.65. The van der Waals surface area contributed by atoms with E-state index in [1.165, 1.54) is 23.0 Å². The molecule has 0 aliphatic heterocycles. The molecule has 1 aromatic heterocycles. The Morgan fingerprint density at radius 2 is 1.67 bits per heavy atom. The van der Waals surface area contributed by atoms with Crippen LogP contribution in [0.1, 0.15) is 10.5 Å². The van der Waals surface area contributed by atoms with Crippen molar-refractivity contribution in [1.29, 1.82) is 0 Å². The van der Waals surface area contributed by atoms with E-state index in [2.05, 4.69) is 9.72 Å². The molecule has 0 saturated heterocycles. The Bertz CT molecular complexity index is 1040. The summed E-state index contributed by atoms with van der Waals surface area (Å²) in [6, 6.07) is 11.6. The molecule has 0 aliphatic carbocycles. The Morgan fingerprint density at radius 3 is 2.33 bits per heavy atom. The molecule has 3 rings (SSSR count). The maximum Gasteiger partial charge on any atom is 0.573 e. The number of hydrogen-bond donors (Lipinski definition) is 1. The first-order valence-corrected chi connectivity index (χ1v) is 8.36. The Balaban J connectivity index is 1.88. The lowest BCUT2D eigenvalue weighted by Crippen LogP contribution is -2.34. The molecule has 2 aromatic carbocycles. The van der Waals surface area contributed by atoms with Gasteiger partial charge in [0.25, 0.3) is 5.91 Å². The molecule has 30 heavy (non-hydrogen) atoms. The predicted octanol–water partition coefficient (Wildman–Crippen LogP) is 4.73. The summed E-state index contributed by atoms with van der Waals surface area (Å²) >= 11 is 0. The number of nitrogens with zero attached hydrogens (tertiary/aromatic N) is 2. The third-order valence-electron chi connectivity index (χ3n) is 3.85. The molecule has 1 N–H and O–H groups in total. The highest BCUT2D eigenvalue weighted by Crippen LogP contribution is 2.29. The van der Waals surface area contributed by atoms with Crippen LogP contribution in [0.4, 0.5) is 26.3 Å². The number of carbonyl (C=O) groups excluding carboxylic acids is 1. The zero-order valence-electron chi connectivity index (χ0n) is 15.0. The van der Waals surface area contributed by atoms with Gasteiger partial charge in [-0.3, -0.25) is 9.36 Å². The molecule has 0 radical (unpaired) electrons. The second-order valence-corrected chi connectivity index (χ2v) is 6.07. The molecule has 0 bridgehead atoms. The van der Waals surface area contributed by atoms with Crippen molar-refractivity contribution >= 4 is 5.91 Å². The Morgan fingerprint density at radius 1 is 1.00 bits per heavy atom. The van der Waals surface area contributed by atoms with Crippen molar-refractivity contribution in [3.05, 3.63) is 66.7 Å². The van der Waals surface area contributed by atoms with Crippen LogP contribution in [0.3, 0.4) is 0 Å². The van der Waals surface area contributed by atoms with Crippen LogP contribution in [-0.2, 0) is 0 Å². The molecule has 0 atom stereocenters. The van der Waals surface area contributed by atoms with Gasteiger partial charge in [0.1, 0.15) is 18.0 Å². The monoisotopic (exact) mass is 429 g/mol. The molecule has 3 aromatic rings. The standard InChI is InChI=1S/C19H13F6N3O2/c20-18(21,22)10-27-17(29)16-9-26-11-28(16)14-5-1-3-12(7-14)13-4-2-6-15(8-13)30-19(23,24)25/h1-9,11H,10H2,(H,27,29). The van der Waals surface area contributed by atoms with Crippen molar-refractivity contribution < 1.29 is 35.9 Å². The number of nitrogens with one attached hydrogen (secondary N) is 1. The summed E-state index contributed by atoms with van der Waals surface area (Å²) in [4.78, 5) is 15.9. The number of aromatic nitrogens is 2. The predicted molar refractivity (Wildman–Crippen MR) is 94.1 cm³/mol. The number of rotatable bonds is 5. The van der Waals surface area contributed by atoms with E-state index in [0.29, 0.717) is 16.8 Å². The molecule has 0 fully saturated rings. The van der Waals surface area contributed by atoms with Gasteiger partial charge in [0.2, 0.25) is 0 Å². The van der Waals surface area contributed by atoms with E-state index in [4.69, 9.17) is 0 Å². The van der Waals surface area contributed by atoms with Gasteiger partial charge in [0.15, 0.2) is 0 Å². The summed E-state index contributed by atoms with van der Waals surface area (Å²) in [5.74, 6) is -1.38. The molecule has 0 aliphatic rings. The minimum absolute atomic E-state index is 0.134. The number of halogens is 6. The van der Waals surface area contributed by atoms with Crippen LogP contribution in [0, 0.1) is 0 Å². The number of carbonyl (C=O) groups is 1. The van der Waals surface area contributed by atoms with Crippen molar-refractivity contribution in [1.82, 2.24) is 14.9 Å². The maximum absolute atomic E-state index is 12.4. The van der Waals surface area contributed by atoms with Crippen LogP contribution in [0.5, 0.6) is 5.75 Å². The van der Waals surface area contributed by atoms with E-state index in [1.54, 1.807) is 35.6 Å². The van der Waals surface area contributed by atoms with Gasteiger partial charge in [-0.15, -0.1) is 13.2 Å². The number of imidazole rings is 1. The molecule has 1 amide bonds. The van der Waals surface area contributed by atoms with E-state index >= 15 is 0 Å². The van der Waals surface area contributed by atoms with Gasteiger partial charge in [-0.25, -0.2) is 4.98 Å². The van der Waals surface area contributed by atoms with Crippen molar-refractivity contribution in [3.63, 3.8) is 0 Å². The summed E-state index contributed by atoms with van der Waals surface area (Å²) in [5, 5.41) is 1.76. The Labute approximate surface area is 165 Å². The van der Waals surface area contributed by atoms with Crippen molar-refractivity contribution in [3.8, 4) is 22.6 Å². The molecule has 0 saturated carbocycles. The lowest BCUT2D eigenvalue weighted by Gasteiger charge is -2.12. The largest absolute Gasteiger partial charge is 0.573 e. The van der Waals surface area contributed by atoms with Crippen LogP contribution in [0.2, 0.25) is 0 Å². The third-order valence-corrected chi connectivity index (χ3v) is 3.85. The van der Waals surface area contributed by atoms with E-state index in [-0.39, 0.29) is 5.69 Å². The normalized spacial score (nSPS) is 11.9. The third kappa shape index (κ3) is 5.52. The fraction of sp³-hybridized carbons (Fsp3) is 0.158. The second kappa shape index (κ2) is 8.09. The number of ether oxygens (including phenoxy) is 1. The van der Waals surface area contributed by atoms with E-state index < -0.39 is 30.7 Å².